The van der Waals surface area contributed by atoms with Crippen molar-refractivity contribution in [3.63, 3.8) is 0 Å². The molecular weight excluding hydrogens is 130 g/mol. The van der Waals surface area contributed by atoms with Crippen molar-refractivity contribution in [3.05, 3.63) is 12.7 Å². The van der Waals surface area contributed by atoms with Gasteiger partial charge in [-0.15, -0.1) is 6.58 Å². The molecule has 1 rings (SSSR count). The maximum Gasteiger partial charge on any atom is 0.407 e. The van der Waals surface area contributed by atoms with Crippen LogP contribution in [-0.2, 0) is 0 Å². The highest BCUT2D eigenvalue weighted by molar-refractivity contribution is 5.65. The second-order valence-electron chi connectivity index (χ2n) is 2.51. The SMILES string of the molecule is C=C[C@H]1CCN(C(=O)O)C1. The molecule has 3 nitrogen and oxygen atoms in total. The number of hydrogen-bond acceptors (Lipinski definition) is 1. The van der Waals surface area contributed by atoms with Gasteiger partial charge >= 0.3 is 6.09 Å². The molecule has 1 aliphatic rings. The highest BCUT2D eigenvalue weighted by atomic mass is 16.4. The van der Waals surface area contributed by atoms with E-state index in [1.807, 2.05) is 6.08 Å². The molecule has 1 atom stereocenters. The van der Waals surface area contributed by atoms with Crippen LogP contribution in [0.15, 0.2) is 12.7 Å². The van der Waals surface area contributed by atoms with E-state index in [4.69, 9.17) is 5.11 Å². The van der Waals surface area contributed by atoms with Crippen LogP contribution < -0.4 is 0 Å². The molecule has 0 bridgehead atoms. The molecule has 3 heteroatoms. The van der Waals surface area contributed by atoms with Crippen LogP contribution in [-0.4, -0.2) is 29.2 Å². The quantitative estimate of drug-likeness (QED) is 0.557. The van der Waals surface area contributed by atoms with E-state index in [0.717, 1.165) is 6.42 Å². The summed E-state index contributed by atoms with van der Waals surface area (Å²) >= 11 is 0. The normalized spacial score (nSPS) is 24.8. The fraction of sp³-hybridized carbons (Fsp3) is 0.571. The zero-order valence-corrected chi connectivity index (χ0v) is 5.79. The summed E-state index contributed by atoms with van der Waals surface area (Å²) in [5, 5.41) is 8.52. The Kier molecular flexibility index (Phi) is 1.94. The maximum absolute atomic E-state index is 10.4. The van der Waals surface area contributed by atoms with Crippen LogP contribution in [0.4, 0.5) is 4.79 Å². The van der Waals surface area contributed by atoms with Gasteiger partial charge in [0.1, 0.15) is 0 Å². The molecule has 0 aromatic rings. The summed E-state index contributed by atoms with van der Waals surface area (Å²) in [6.07, 6.45) is 1.93. The largest absolute Gasteiger partial charge is 0.465 e. The first-order chi connectivity index (χ1) is 4.74. The maximum atomic E-state index is 10.4. The molecule has 1 saturated heterocycles. The Morgan fingerprint density at radius 1 is 1.80 bits per heavy atom. The Bertz CT molecular complexity index is 156. The lowest BCUT2D eigenvalue weighted by molar-refractivity contribution is 0.155. The summed E-state index contributed by atoms with van der Waals surface area (Å²) in [6, 6.07) is 0. The third-order valence-electron chi connectivity index (χ3n) is 1.83. The minimum Gasteiger partial charge on any atom is -0.465 e. The van der Waals surface area contributed by atoms with Crippen molar-refractivity contribution in [2.45, 2.75) is 6.42 Å². The average Bonchev–Trinajstić information content (AvgIpc) is 2.34. The van der Waals surface area contributed by atoms with Crippen molar-refractivity contribution >= 4 is 6.09 Å². The van der Waals surface area contributed by atoms with Gasteiger partial charge in [-0.2, -0.15) is 0 Å². The predicted molar refractivity (Wildman–Crippen MR) is 37.9 cm³/mol. The first-order valence-electron chi connectivity index (χ1n) is 3.34. The summed E-state index contributed by atoms with van der Waals surface area (Å²) in [4.78, 5) is 11.8. The molecule has 56 valence electrons. The van der Waals surface area contributed by atoms with Crippen molar-refractivity contribution in [1.29, 1.82) is 0 Å². The van der Waals surface area contributed by atoms with Gasteiger partial charge in [0, 0.05) is 13.1 Å². The second-order valence-corrected chi connectivity index (χ2v) is 2.51. The summed E-state index contributed by atoms with van der Waals surface area (Å²) in [7, 11) is 0. The van der Waals surface area contributed by atoms with Gasteiger partial charge in [-0.25, -0.2) is 4.79 Å². The number of rotatable bonds is 1. The van der Waals surface area contributed by atoms with Crippen LogP contribution in [0.5, 0.6) is 0 Å². The molecule has 1 heterocycles. The van der Waals surface area contributed by atoms with Gasteiger partial charge in [0.25, 0.3) is 0 Å². The topological polar surface area (TPSA) is 40.5 Å². The Balaban J connectivity index is 2.42. The number of hydrogen-bond donors (Lipinski definition) is 1. The van der Waals surface area contributed by atoms with Gasteiger partial charge in [0.2, 0.25) is 0 Å². The van der Waals surface area contributed by atoms with Crippen LogP contribution in [0, 0.1) is 5.92 Å². The second kappa shape index (κ2) is 2.73. The van der Waals surface area contributed by atoms with Crippen LogP contribution in [0.25, 0.3) is 0 Å². The van der Waals surface area contributed by atoms with Gasteiger partial charge in [0.15, 0.2) is 0 Å². The smallest absolute Gasteiger partial charge is 0.407 e. The van der Waals surface area contributed by atoms with Crippen LogP contribution >= 0.6 is 0 Å². The molecule has 0 unspecified atom stereocenters. The van der Waals surface area contributed by atoms with E-state index in [-0.39, 0.29) is 0 Å². The molecular formula is C7H11NO2. The minimum atomic E-state index is -0.815. The van der Waals surface area contributed by atoms with Crippen LogP contribution in [0.2, 0.25) is 0 Å². The van der Waals surface area contributed by atoms with Gasteiger partial charge in [-0.1, -0.05) is 6.08 Å². The molecule has 1 amide bonds. The number of carboxylic acid groups (broad SMARTS) is 1. The van der Waals surface area contributed by atoms with Crippen LogP contribution in [0.3, 0.4) is 0 Å². The molecule has 0 aliphatic carbocycles. The molecule has 0 radical (unpaired) electrons. The fourth-order valence-corrected chi connectivity index (χ4v) is 1.15. The lowest BCUT2D eigenvalue weighted by atomic mass is 10.1. The first-order valence-corrected chi connectivity index (χ1v) is 3.34. The lowest BCUT2D eigenvalue weighted by Crippen LogP contribution is -2.26. The standard InChI is InChI=1S/C7H11NO2/c1-2-6-3-4-8(5-6)7(9)10/h2,6H,1,3-5H2,(H,9,10)/t6-/m0/s1. The van der Waals surface area contributed by atoms with E-state index in [9.17, 15) is 4.79 Å². The lowest BCUT2D eigenvalue weighted by Gasteiger charge is -2.09. The molecule has 1 N–H and O–H groups in total. The van der Waals surface area contributed by atoms with E-state index >= 15 is 0 Å². The summed E-state index contributed by atoms with van der Waals surface area (Å²) < 4.78 is 0. The van der Waals surface area contributed by atoms with Gasteiger partial charge < -0.3 is 10.0 Å². The zero-order valence-electron chi connectivity index (χ0n) is 5.79. The van der Waals surface area contributed by atoms with Gasteiger partial charge in [-0.3, -0.25) is 0 Å². The number of nitrogens with zero attached hydrogens (tertiary/aromatic N) is 1. The number of likely N-dealkylation sites (tertiary alicyclic amines) is 1. The predicted octanol–water partition coefficient (Wildman–Crippen LogP) is 1.17. The Morgan fingerprint density at radius 3 is 2.80 bits per heavy atom. The Hall–Kier alpha value is -0.990. The van der Waals surface area contributed by atoms with Crippen LogP contribution in [0.1, 0.15) is 6.42 Å². The van der Waals surface area contributed by atoms with Gasteiger partial charge in [0.05, 0.1) is 0 Å². The highest BCUT2D eigenvalue weighted by Gasteiger charge is 2.22. The van der Waals surface area contributed by atoms with E-state index in [0.29, 0.717) is 19.0 Å². The summed E-state index contributed by atoms with van der Waals surface area (Å²) in [6.45, 7) is 4.90. The Labute approximate surface area is 59.9 Å². The van der Waals surface area contributed by atoms with E-state index < -0.39 is 6.09 Å². The zero-order chi connectivity index (χ0) is 7.56. The van der Waals surface area contributed by atoms with Crippen molar-refractivity contribution in [2.24, 2.45) is 5.92 Å². The van der Waals surface area contributed by atoms with Gasteiger partial charge in [-0.05, 0) is 12.3 Å². The van der Waals surface area contributed by atoms with Crippen molar-refractivity contribution in [3.8, 4) is 0 Å². The number of amides is 1. The molecule has 0 saturated carbocycles. The van der Waals surface area contributed by atoms with E-state index in [1.54, 1.807) is 0 Å². The average molecular weight is 141 g/mol. The monoisotopic (exact) mass is 141 g/mol. The third-order valence-corrected chi connectivity index (χ3v) is 1.83. The minimum absolute atomic E-state index is 0.371. The van der Waals surface area contributed by atoms with Crippen molar-refractivity contribution < 1.29 is 9.90 Å². The van der Waals surface area contributed by atoms with E-state index in [2.05, 4.69) is 6.58 Å². The summed E-state index contributed by atoms with van der Waals surface area (Å²) in [5.41, 5.74) is 0. The van der Waals surface area contributed by atoms with Crippen molar-refractivity contribution in [1.82, 2.24) is 4.90 Å². The van der Waals surface area contributed by atoms with E-state index in [1.165, 1.54) is 4.90 Å². The first kappa shape index (κ1) is 7.12. The molecule has 0 spiro atoms. The molecule has 1 aliphatic heterocycles. The van der Waals surface area contributed by atoms with Crippen molar-refractivity contribution in [2.75, 3.05) is 13.1 Å². The molecule has 1 fully saturated rings. The fourth-order valence-electron chi connectivity index (χ4n) is 1.15. The highest BCUT2D eigenvalue weighted by Crippen LogP contribution is 2.16. The molecule has 0 aromatic heterocycles. The molecule has 0 aromatic carbocycles. The summed E-state index contributed by atoms with van der Waals surface area (Å²) in [5.74, 6) is 0.371. The third kappa shape index (κ3) is 1.29. The Morgan fingerprint density at radius 2 is 2.50 bits per heavy atom. The molecule has 10 heavy (non-hydrogen) atoms. The number of carbonyl (C=O) groups is 1.